The van der Waals surface area contributed by atoms with Gasteiger partial charge in [-0.15, -0.1) is 0 Å². The van der Waals surface area contributed by atoms with E-state index in [1.54, 1.807) is 4.72 Å². The molecule has 2 aromatic carbocycles. The number of fused-ring (bicyclic) bond motifs is 1. The average Bonchev–Trinajstić information content (AvgIpc) is 2.66. The second-order valence-electron chi connectivity index (χ2n) is 6.70. The maximum absolute atomic E-state index is 13.9. The number of hydrogen-bond acceptors (Lipinski definition) is 3. The first-order chi connectivity index (χ1) is 14.2. The summed E-state index contributed by atoms with van der Waals surface area (Å²) in [5.74, 6) is -3.33. The molecule has 168 valence electrons. The lowest BCUT2D eigenvalue weighted by Crippen LogP contribution is -2.43. The molecule has 0 aromatic heterocycles. The van der Waals surface area contributed by atoms with Crippen LogP contribution in [0.2, 0.25) is 0 Å². The number of nitrogens with zero attached hydrogens (tertiary/aromatic N) is 1. The summed E-state index contributed by atoms with van der Waals surface area (Å²) in [6, 6.07) is 4.59. The van der Waals surface area contributed by atoms with Gasteiger partial charge >= 0.3 is 18.3 Å². The summed E-state index contributed by atoms with van der Waals surface area (Å²) in [7, 11) is -4.58. The molecule has 0 fully saturated rings. The number of nitrogens with one attached hydrogen (secondary N) is 1. The largest absolute Gasteiger partial charge is 0.471 e. The molecular weight excluding hydrogens is 457 g/mol. The zero-order chi connectivity index (χ0) is 23.2. The van der Waals surface area contributed by atoms with Crippen LogP contribution in [0.5, 0.6) is 0 Å². The second-order valence-corrected chi connectivity index (χ2v) is 8.39. The Bertz CT molecular complexity index is 1130. The van der Waals surface area contributed by atoms with Crippen LogP contribution in [0.3, 0.4) is 0 Å². The smallest absolute Gasteiger partial charge is 0.330 e. The highest BCUT2D eigenvalue weighted by Crippen LogP contribution is 2.33. The number of hydrogen-bond donors (Lipinski definition) is 1. The van der Waals surface area contributed by atoms with Crippen molar-refractivity contribution < 1.29 is 43.9 Å². The Morgan fingerprint density at radius 1 is 0.968 bits per heavy atom. The Labute approximate surface area is 171 Å². The summed E-state index contributed by atoms with van der Waals surface area (Å²) < 4.78 is 117. The first-order valence-corrected chi connectivity index (χ1v) is 10.0. The number of amides is 1. The zero-order valence-electron chi connectivity index (χ0n) is 15.3. The van der Waals surface area contributed by atoms with E-state index in [1.165, 1.54) is 6.07 Å². The number of benzene rings is 2. The maximum Gasteiger partial charge on any atom is 0.471 e. The van der Waals surface area contributed by atoms with Crippen LogP contribution in [0.4, 0.5) is 36.4 Å². The molecule has 5 nitrogen and oxygen atoms in total. The van der Waals surface area contributed by atoms with Gasteiger partial charge in [-0.2, -0.15) is 26.3 Å². The van der Waals surface area contributed by atoms with Crippen molar-refractivity contribution in [3.63, 3.8) is 0 Å². The summed E-state index contributed by atoms with van der Waals surface area (Å²) in [4.78, 5) is 11.4. The Morgan fingerprint density at radius 3 is 2.26 bits per heavy atom. The van der Waals surface area contributed by atoms with Crippen molar-refractivity contribution in [2.75, 3.05) is 11.3 Å². The van der Waals surface area contributed by atoms with Crippen LogP contribution in [-0.4, -0.2) is 31.9 Å². The van der Waals surface area contributed by atoms with Gasteiger partial charge in [0.2, 0.25) is 0 Å². The van der Waals surface area contributed by atoms with E-state index >= 15 is 0 Å². The summed E-state index contributed by atoms with van der Waals surface area (Å²) in [5.41, 5.74) is -1.59. The van der Waals surface area contributed by atoms with Gasteiger partial charge in [0, 0.05) is 13.1 Å². The van der Waals surface area contributed by atoms with Gasteiger partial charge in [-0.05, 0) is 47.9 Å². The highest BCUT2D eigenvalue weighted by atomic mass is 32.2. The zero-order valence-corrected chi connectivity index (χ0v) is 16.1. The van der Waals surface area contributed by atoms with Gasteiger partial charge < -0.3 is 4.90 Å². The van der Waals surface area contributed by atoms with Crippen LogP contribution < -0.4 is 4.72 Å². The number of sulfonamides is 1. The second kappa shape index (κ2) is 7.70. The number of halogens is 7. The maximum atomic E-state index is 13.9. The van der Waals surface area contributed by atoms with E-state index < -0.39 is 56.8 Å². The molecule has 1 amide bonds. The van der Waals surface area contributed by atoms with Crippen molar-refractivity contribution in [2.45, 2.75) is 30.2 Å². The lowest BCUT2D eigenvalue weighted by atomic mass is 10.00. The van der Waals surface area contributed by atoms with Crippen LogP contribution in [0.25, 0.3) is 0 Å². The molecule has 0 spiro atoms. The Kier molecular flexibility index (Phi) is 5.67. The summed E-state index contributed by atoms with van der Waals surface area (Å²) in [5, 5.41) is 0. The molecule has 0 saturated carbocycles. The predicted octanol–water partition coefficient (Wildman–Crippen LogP) is 4.09. The van der Waals surface area contributed by atoms with Gasteiger partial charge in [-0.1, -0.05) is 6.07 Å². The molecule has 13 heteroatoms. The van der Waals surface area contributed by atoms with E-state index in [1.807, 2.05) is 0 Å². The molecule has 31 heavy (non-hydrogen) atoms. The van der Waals surface area contributed by atoms with E-state index in [9.17, 15) is 43.9 Å². The quantitative estimate of drug-likeness (QED) is 0.688. The molecule has 1 heterocycles. The van der Waals surface area contributed by atoms with Crippen LogP contribution in [0, 0.1) is 5.82 Å². The highest BCUT2D eigenvalue weighted by Gasteiger charge is 2.43. The number of anilines is 1. The molecule has 1 aliphatic rings. The minimum absolute atomic E-state index is 0.0488. The van der Waals surface area contributed by atoms with E-state index in [0.29, 0.717) is 22.6 Å². The van der Waals surface area contributed by atoms with Gasteiger partial charge in [-0.3, -0.25) is 9.52 Å². The van der Waals surface area contributed by atoms with Gasteiger partial charge in [0.1, 0.15) is 5.82 Å². The summed E-state index contributed by atoms with van der Waals surface area (Å²) in [6.45, 7) is -0.722. The average molecular weight is 470 g/mol. The van der Waals surface area contributed by atoms with Crippen LogP contribution in [-0.2, 0) is 34.0 Å². The lowest BCUT2D eigenvalue weighted by Gasteiger charge is -2.29. The number of rotatable bonds is 3. The van der Waals surface area contributed by atoms with E-state index in [-0.39, 0.29) is 24.6 Å². The summed E-state index contributed by atoms with van der Waals surface area (Å²) >= 11 is 0. The first kappa shape index (κ1) is 22.8. The molecule has 2 aromatic rings. The topological polar surface area (TPSA) is 66.5 Å². The van der Waals surface area contributed by atoms with Crippen molar-refractivity contribution in [1.29, 1.82) is 0 Å². The number of alkyl halides is 6. The molecule has 0 saturated heterocycles. The fraction of sp³-hybridized carbons (Fsp3) is 0.278. The molecule has 1 aliphatic heterocycles. The van der Waals surface area contributed by atoms with Crippen molar-refractivity contribution in [3.05, 3.63) is 58.9 Å². The lowest BCUT2D eigenvalue weighted by molar-refractivity contribution is -0.186. The summed E-state index contributed by atoms with van der Waals surface area (Å²) in [6.07, 6.45) is -9.88. The molecule has 0 bridgehead atoms. The third kappa shape index (κ3) is 4.92. The van der Waals surface area contributed by atoms with Crippen molar-refractivity contribution in [1.82, 2.24) is 4.90 Å². The minimum Gasteiger partial charge on any atom is -0.330 e. The number of carbonyl (C=O) groups is 1. The first-order valence-electron chi connectivity index (χ1n) is 8.56. The third-order valence-electron chi connectivity index (χ3n) is 4.57. The van der Waals surface area contributed by atoms with Crippen LogP contribution >= 0.6 is 0 Å². The van der Waals surface area contributed by atoms with Crippen molar-refractivity contribution in [3.8, 4) is 0 Å². The molecule has 0 atom stereocenters. The minimum atomic E-state index is -5.09. The number of carbonyl (C=O) groups excluding carboxylic acids is 1. The highest BCUT2D eigenvalue weighted by molar-refractivity contribution is 7.92. The monoisotopic (exact) mass is 470 g/mol. The predicted molar refractivity (Wildman–Crippen MR) is 93.8 cm³/mol. The molecule has 0 aliphatic carbocycles. The van der Waals surface area contributed by atoms with Gasteiger partial charge in [0.15, 0.2) is 0 Å². The fourth-order valence-electron chi connectivity index (χ4n) is 3.04. The van der Waals surface area contributed by atoms with E-state index in [0.717, 1.165) is 12.1 Å². The molecule has 3 rings (SSSR count). The Hall–Kier alpha value is -2.83. The van der Waals surface area contributed by atoms with E-state index in [4.69, 9.17) is 0 Å². The van der Waals surface area contributed by atoms with E-state index in [2.05, 4.69) is 0 Å². The van der Waals surface area contributed by atoms with Gasteiger partial charge in [0.05, 0.1) is 16.1 Å². The molecule has 0 unspecified atom stereocenters. The standard InChI is InChI=1S/C18H13F7N2O3S/c19-14-4-2-12(17(20,21)22)8-15(14)26-31(29,30)13-3-1-10-5-6-27(9-11(10)7-13)16(28)18(23,24)25/h1-4,7-8,26H,5-6,9H2. The van der Waals surface area contributed by atoms with Crippen LogP contribution in [0.15, 0.2) is 41.3 Å². The molecule has 0 radical (unpaired) electrons. The van der Waals surface area contributed by atoms with Gasteiger partial charge in [-0.25, -0.2) is 12.8 Å². The fourth-order valence-corrected chi connectivity index (χ4v) is 4.15. The molecule has 1 N–H and O–H groups in total. The third-order valence-corrected chi connectivity index (χ3v) is 5.93. The van der Waals surface area contributed by atoms with Crippen molar-refractivity contribution in [2.24, 2.45) is 0 Å². The van der Waals surface area contributed by atoms with Crippen LogP contribution in [0.1, 0.15) is 16.7 Å². The normalized spacial score (nSPS) is 14.9. The Morgan fingerprint density at radius 2 is 1.65 bits per heavy atom. The molecular formula is C18H13F7N2O3S. The van der Waals surface area contributed by atoms with Gasteiger partial charge in [0.25, 0.3) is 10.0 Å². The van der Waals surface area contributed by atoms with Crippen molar-refractivity contribution >= 4 is 21.6 Å². The SMILES string of the molecule is O=C(N1CCc2ccc(S(=O)(=O)Nc3cc(C(F)(F)F)ccc3F)cc2C1)C(F)(F)F. The Balaban J connectivity index is 1.90.